The maximum Gasteiger partial charge on any atom is 0.247 e. The lowest BCUT2D eigenvalue weighted by Gasteiger charge is -2.37. The number of para-hydroxylation sites is 1. The number of anilines is 1. The highest BCUT2D eigenvalue weighted by molar-refractivity contribution is 7.89. The van der Waals surface area contributed by atoms with Crippen LogP contribution in [0.1, 0.15) is 17.3 Å². The van der Waals surface area contributed by atoms with Gasteiger partial charge < -0.3 is 5.32 Å². The van der Waals surface area contributed by atoms with Gasteiger partial charge >= 0.3 is 0 Å². The molecule has 3 aromatic rings. The monoisotopic (exact) mass is 418 g/mol. The molecule has 0 spiro atoms. The Morgan fingerprint density at radius 2 is 1.67 bits per heavy atom. The highest BCUT2D eigenvalue weighted by atomic mass is 35.5. The van der Waals surface area contributed by atoms with E-state index in [4.69, 9.17) is 23.2 Å². The second kappa shape index (κ2) is 7.17. The van der Waals surface area contributed by atoms with Crippen molar-refractivity contribution in [3.05, 3.63) is 94.0 Å². The van der Waals surface area contributed by atoms with Crippen LogP contribution in [-0.2, 0) is 16.6 Å². The van der Waals surface area contributed by atoms with Crippen LogP contribution in [0.25, 0.3) is 0 Å². The number of rotatable bonds is 3. The Hall–Kier alpha value is -2.05. The predicted octanol–water partition coefficient (Wildman–Crippen LogP) is 5.31. The molecule has 1 atom stereocenters. The van der Waals surface area contributed by atoms with Crippen LogP contribution < -0.4 is 5.32 Å². The van der Waals surface area contributed by atoms with Gasteiger partial charge in [0.1, 0.15) is 11.1 Å². The van der Waals surface area contributed by atoms with Crippen molar-refractivity contribution >= 4 is 38.9 Å². The van der Waals surface area contributed by atoms with Gasteiger partial charge in [0.2, 0.25) is 10.0 Å². The summed E-state index contributed by atoms with van der Waals surface area (Å²) in [6.07, 6.45) is -0.627. The molecule has 1 unspecified atom stereocenters. The number of benzene rings is 3. The van der Waals surface area contributed by atoms with E-state index in [9.17, 15) is 8.42 Å². The molecule has 0 fully saturated rings. The largest absolute Gasteiger partial charge is 0.364 e. The molecule has 4 nitrogen and oxygen atoms in total. The van der Waals surface area contributed by atoms with Crippen LogP contribution in [0.2, 0.25) is 10.0 Å². The Bertz CT molecular complexity index is 1100. The maximum absolute atomic E-state index is 13.4. The van der Waals surface area contributed by atoms with Crippen LogP contribution in [0, 0.1) is 0 Å². The smallest absolute Gasteiger partial charge is 0.247 e. The first kappa shape index (κ1) is 18.3. The standard InChI is InChI=1S/C20H16Cl2N2O2S/c21-15-7-5-6-14(12-15)13-24-20(16-8-1-2-9-17(16)22)23-18-10-3-4-11-19(18)27(24,25)26/h1-12,20,23H,13H2. The molecule has 0 aliphatic carbocycles. The SMILES string of the molecule is O=S1(=O)c2ccccc2NC(c2ccccc2Cl)N1Cc1cccc(Cl)c1. The summed E-state index contributed by atoms with van der Waals surface area (Å²) >= 11 is 12.5. The lowest BCUT2D eigenvalue weighted by atomic mass is 10.1. The van der Waals surface area contributed by atoms with Gasteiger partial charge in [-0.3, -0.25) is 0 Å². The van der Waals surface area contributed by atoms with Gasteiger partial charge in [-0.25, -0.2) is 8.42 Å². The topological polar surface area (TPSA) is 49.4 Å². The van der Waals surface area contributed by atoms with Crippen molar-refractivity contribution in [2.45, 2.75) is 17.6 Å². The summed E-state index contributed by atoms with van der Waals surface area (Å²) in [5.74, 6) is 0. The quantitative estimate of drug-likeness (QED) is 0.626. The minimum Gasteiger partial charge on any atom is -0.364 e. The van der Waals surface area contributed by atoms with Crippen molar-refractivity contribution in [1.82, 2.24) is 4.31 Å². The molecule has 138 valence electrons. The van der Waals surface area contributed by atoms with Gasteiger partial charge in [0, 0.05) is 22.2 Å². The molecule has 0 bridgehead atoms. The van der Waals surface area contributed by atoms with Gasteiger partial charge in [0.15, 0.2) is 0 Å². The number of sulfonamides is 1. The highest BCUT2D eigenvalue weighted by Crippen LogP contribution is 2.40. The van der Waals surface area contributed by atoms with Gasteiger partial charge in [-0.05, 0) is 35.9 Å². The lowest BCUT2D eigenvalue weighted by molar-refractivity contribution is 0.336. The first-order chi connectivity index (χ1) is 13.0. The molecule has 7 heteroatoms. The van der Waals surface area contributed by atoms with Gasteiger partial charge in [-0.2, -0.15) is 4.31 Å². The number of halogens is 2. The Labute approximate surface area is 168 Å². The van der Waals surface area contributed by atoms with Crippen molar-refractivity contribution in [3.63, 3.8) is 0 Å². The fraction of sp³-hybridized carbons (Fsp3) is 0.100. The molecule has 1 N–H and O–H groups in total. The van der Waals surface area contributed by atoms with Crippen molar-refractivity contribution in [3.8, 4) is 0 Å². The van der Waals surface area contributed by atoms with Gasteiger partial charge in [0.25, 0.3) is 0 Å². The third kappa shape index (κ3) is 3.44. The van der Waals surface area contributed by atoms with E-state index >= 15 is 0 Å². The van der Waals surface area contributed by atoms with Crippen LogP contribution in [-0.4, -0.2) is 12.7 Å². The average Bonchev–Trinajstić information content (AvgIpc) is 2.65. The summed E-state index contributed by atoms with van der Waals surface area (Å²) < 4.78 is 28.2. The molecule has 27 heavy (non-hydrogen) atoms. The Balaban J connectivity index is 1.86. The van der Waals surface area contributed by atoms with E-state index in [0.717, 1.165) is 5.56 Å². The summed E-state index contributed by atoms with van der Waals surface area (Å²) in [4.78, 5) is 0.246. The van der Waals surface area contributed by atoms with Crippen molar-refractivity contribution < 1.29 is 8.42 Å². The van der Waals surface area contributed by atoms with Crippen molar-refractivity contribution in [2.24, 2.45) is 0 Å². The number of nitrogens with zero attached hydrogens (tertiary/aromatic N) is 1. The van der Waals surface area contributed by atoms with Crippen molar-refractivity contribution in [2.75, 3.05) is 5.32 Å². The molecule has 1 aliphatic heterocycles. The lowest BCUT2D eigenvalue weighted by Crippen LogP contribution is -2.42. The fourth-order valence-electron chi connectivity index (χ4n) is 3.22. The molecule has 1 aliphatic rings. The van der Waals surface area contributed by atoms with Crippen molar-refractivity contribution in [1.29, 1.82) is 0 Å². The minimum atomic E-state index is -3.74. The second-order valence-corrected chi connectivity index (χ2v) is 8.95. The third-order valence-electron chi connectivity index (χ3n) is 4.48. The first-order valence-electron chi connectivity index (χ1n) is 8.33. The Morgan fingerprint density at radius 3 is 2.44 bits per heavy atom. The molecular formula is C20H16Cl2N2O2S. The molecule has 0 aromatic heterocycles. The summed E-state index contributed by atoms with van der Waals surface area (Å²) in [7, 11) is -3.74. The van der Waals surface area contributed by atoms with Crippen LogP contribution in [0.4, 0.5) is 5.69 Å². The molecular weight excluding hydrogens is 403 g/mol. The zero-order valence-electron chi connectivity index (χ0n) is 14.1. The predicted molar refractivity (Wildman–Crippen MR) is 108 cm³/mol. The van der Waals surface area contributed by atoms with E-state index in [0.29, 0.717) is 21.3 Å². The van der Waals surface area contributed by atoms with E-state index in [1.807, 2.05) is 24.3 Å². The summed E-state index contributed by atoms with van der Waals surface area (Å²) in [6, 6.07) is 21.3. The van der Waals surface area contributed by atoms with E-state index in [2.05, 4.69) is 5.32 Å². The normalized spacial score (nSPS) is 18.5. The molecule has 1 heterocycles. The Morgan fingerprint density at radius 1 is 0.926 bits per heavy atom. The number of hydrogen-bond donors (Lipinski definition) is 1. The van der Waals surface area contributed by atoms with Crippen LogP contribution in [0.15, 0.2) is 77.7 Å². The number of hydrogen-bond acceptors (Lipinski definition) is 3. The second-order valence-electron chi connectivity index (χ2n) is 6.24. The van der Waals surface area contributed by atoms with Crippen LogP contribution >= 0.6 is 23.2 Å². The molecule has 4 rings (SSSR count). The minimum absolute atomic E-state index is 0.167. The first-order valence-corrected chi connectivity index (χ1v) is 10.5. The maximum atomic E-state index is 13.4. The number of nitrogens with one attached hydrogen (secondary N) is 1. The van der Waals surface area contributed by atoms with E-state index in [1.54, 1.807) is 48.5 Å². The molecule has 0 amide bonds. The summed E-state index contributed by atoms with van der Waals surface area (Å²) in [5.41, 5.74) is 2.05. The zero-order chi connectivity index (χ0) is 19.0. The van der Waals surface area contributed by atoms with Gasteiger partial charge in [0.05, 0.1) is 5.69 Å². The van der Waals surface area contributed by atoms with Gasteiger partial charge in [-0.1, -0.05) is 65.7 Å². The summed E-state index contributed by atoms with van der Waals surface area (Å²) in [6.45, 7) is 0.167. The zero-order valence-corrected chi connectivity index (χ0v) is 16.5. The number of fused-ring (bicyclic) bond motifs is 1. The highest BCUT2D eigenvalue weighted by Gasteiger charge is 2.39. The fourth-order valence-corrected chi connectivity index (χ4v) is 5.34. The van der Waals surface area contributed by atoms with E-state index < -0.39 is 16.2 Å². The molecule has 0 saturated carbocycles. The van der Waals surface area contributed by atoms with E-state index in [1.165, 1.54) is 4.31 Å². The Kier molecular flexibility index (Phi) is 4.86. The molecule has 0 radical (unpaired) electrons. The van der Waals surface area contributed by atoms with E-state index in [-0.39, 0.29) is 11.4 Å². The third-order valence-corrected chi connectivity index (χ3v) is 6.93. The molecule has 3 aromatic carbocycles. The van der Waals surface area contributed by atoms with Crippen LogP contribution in [0.3, 0.4) is 0 Å². The molecule has 0 saturated heterocycles. The van der Waals surface area contributed by atoms with Gasteiger partial charge in [-0.15, -0.1) is 0 Å². The average molecular weight is 419 g/mol. The summed E-state index contributed by atoms with van der Waals surface area (Å²) in [5, 5.41) is 4.38. The van der Waals surface area contributed by atoms with Crippen LogP contribution in [0.5, 0.6) is 0 Å².